The molecule has 0 aromatic carbocycles. The van der Waals surface area contributed by atoms with E-state index in [1.54, 1.807) is 0 Å². The van der Waals surface area contributed by atoms with Crippen LogP contribution in [-0.2, 0) is 9.53 Å². The Morgan fingerprint density at radius 3 is 3.06 bits per heavy atom. The first kappa shape index (κ1) is 11.9. The summed E-state index contributed by atoms with van der Waals surface area (Å²) < 4.78 is 5.75. The van der Waals surface area contributed by atoms with E-state index in [2.05, 4.69) is 5.32 Å². The van der Waals surface area contributed by atoms with Crippen LogP contribution in [0.15, 0.2) is 0 Å². The molecule has 0 bridgehead atoms. The number of hydrogen-bond donors (Lipinski definition) is 1. The number of nitrogens with zero attached hydrogens (tertiary/aromatic N) is 1. The molecular formula is C12H22N2O2. The first-order valence-electron chi connectivity index (χ1n) is 6.44. The van der Waals surface area contributed by atoms with Crippen LogP contribution in [0.5, 0.6) is 0 Å². The standard InChI is InChI=1S/C12H22N2O2/c1-2-13-9-12(15)14-7-8-16-11-6-4-3-5-10(11)14/h10-11,13H,2-9H2,1H3. The number of morpholine rings is 1. The first-order valence-corrected chi connectivity index (χ1v) is 6.44. The normalized spacial score (nSPS) is 29.9. The highest BCUT2D eigenvalue weighted by Crippen LogP contribution is 2.28. The molecule has 0 aromatic rings. The van der Waals surface area contributed by atoms with Crippen LogP contribution in [0.1, 0.15) is 32.6 Å². The third-order valence-corrected chi connectivity index (χ3v) is 3.58. The lowest BCUT2D eigenvalue weighted by Crippen LogP contribution is -2.56. The Kier molecular flexibility index (Phi) is 4.18. The molecule has 1 saturated carbocycles. The maximum absolute atomic E-state index is 12.0. The van der Waals surface area contributed by atoms with Crippen LogP contribution in [-0.4, -0.2) is 49.2 Å². The quantitative estimate of drug-likeness (QED) is 0.772. The minimum atomic E-state index is 0.238. The van der Waals surface area contributed by atoms with Gasteiger partial charge >= 0.3 is 0 Å². The summed E-state index contributed by atoms with van der Waals surface area (Å²) in [5, 5.41) is 3.11. The fourth-order valence-corrected chi connectivity index (χ4v) is 2.74. The monoisotopic (exact) mass is 226 g/mol. The molecule has 1 aliphatic heterocycles. The van der Waals surface area contributed by atoms with Crippen LogP contribution >= 0.6 is 0 Å². The van der Waals surface area contributed by atoms with Crippen molar-refractivity contribution in [3.63, 3.8) is 0 Å². The van der Waals surface area contributed by atoms with E-state index in [0.717, 1.165) is 25.9 Å². The molecule has 2 rings (SSSR count). The van der Waals surface area contributed by atoms with Crippen LogP contribution < -0.4 is 5.32 Å². The molecule has 2 unspecified atom stereocenters. The van der Waals surface area contributed by atoms with Gasteiger partial charge in [-0.1, -0.05) is 19.8 Å². The summed E-state index contributed by atoms with van der Waals surface area (Å²) in [4.78, 5) is 14.1. The SMILES string of the molecule is CCNCC(=O)N1CCOC2CCCCC21. The topological polar surface area (TPSA) is 41.6 Å². The van der Waals surface area contributed by atoms with E-state index < -0.39 is 0 Å². The highest BCUT2D eigenvalue weighted by Gasteiger charge is 2.36. The molecule has 1 saturated heterocycles. The number of amides is 1. The fourth-order valence-electron chi connectivity index (χ4n) is 2.74. The van der Waals surface area contributed by atoms with E-state index in [1.165, 1.54) is 12.8 Å². The maximum atomic E-state index is 12.0. The average molecular weight is 226 g/mol. The van der Waals surface area contributed by atoms with Gasteiger partial charge in [-0.2, -0.15) is 0 Å². The number of carbonyl (C=O) groups excluding carboxylic acids is 1. The number of nitrogens with one attached hydrogen (secondary N) is 1. The summed E-state index contributed by atoms with van der Waals surface area (Å²) in [5.74, 6) is 0.238. The van der Waals surface area contributed by atoms with E-state index in [4.69, 9.17) is 4.74 Å². The molecule has 92 valence electrons. The molecule has 0 radical (unpaired) electrons. The molecule has 4 nitrogen and oxygen atoms in total. The van der Waals surface area contributed by atoms with Crippen LogP contribution in [0.4, 0.5) is 0 Å². The van der Waals surface area contributed by atoms with Crippen LogP contribution in [0.25, 0.3) is 0 Å². The molecular weight excluding hydrogens is 204 g/mol. The van der Waals surface area contributed by atoms with Gasteiger partial charge in [-0.05, 0) is 19.4 Å². The van der Waals surface area contributed by atoms with Crippen molar-refractivity contribution in [2.75, 3.05) is 26.2 Å². The fraction of sp³-hybridized carbons (Fsp3) is 0.917. The summed E-state index contributed by atoms with van der Waals surface area (Å²) in [6, 6.07) is 0.341. The molecule has 2 atom stereocenters. The van der Waals surface area contributed by atoms with Crippen molar-refractivity contribution < 1.29 is 9.53 Å². The summed E-state index contributed by atoms with van der Waals surface area (Å²) in [6.45, 7) is 4.82. The van der Waals surface area contributed by atoms with Gasteiger partial charge in [0.25, 0.3) is 0 Å². The number of carbonyl (C=O) groups is 1. The summed E-state index contributed by atoms with van der Waals surface area (Å²) >= 11 is 0. The molecule has 2 aliphatic rings. The maximum Gasteiger partial charge on any atom is 0.236 e. The minimum Gasteiger partial charge on any atom is -0.374 e. The molecule has 1 heterocycles. The molecule has 4 heteroatoms. The number of likely N-dealkylation sites (N-methyl/N-ethyl adjacent to an activating group) is 1. The van der Waals surface area contributed by atoms with Crippen LogP contribution in [0.2, 0.25) is 0 Å². The van der Waals surface area contributed by atoms with E-state index in [0.29, 0.717) is 25.3 Å². The molecule has 1 N–H and O–H groups in total. The Balaban J connectivity index is 1.93. The highest BCUT2D eigenvalue weighted by molar-refractivity contribution is 5.78. The lowest BCUT2D eigenvalue weighted by Gasteiger charge is -2.43. The predicted octanol–water partition coefficient (Wildman–Crippen LogP) is 0.766. The zero-order valence-corrected chi connectivity index (χ0v) is 10.1. The number of fused-ring (bicyclic) bond motifs is 1. The van der Waals surface area contributed by atoms with Gasteiger partial charge in [0, 0.05) is 6.54 Å². The minimum absolute atomic E-state index is 0.238. The van der Waals surface area contributed by atoms with Gasteiger partial charge in [-0.15, -0.1) is 0 Å². The largest absolute Gasteiger partial charge is 0.374 e. The van der Waals surface area contributed by atoms with Gasteiger partial charge in [0.15, 0.2) is 0 Å². The summed E-state index contributed by atoms with van der Waals surface area (Å²) in [6.07, 6.45) is 5.01. The van der Waals surface area contributed by atoms with E-state index >= 15 is 0 Å². The summed E-state index contributed by atoms with van der Waals surface area (Å²) in [7, 11) is 0. The third-order valence-electron chi connectivity index (χ3n) is 3.58. The zero-order chi connectivity index (χ0) is 11.4. The lowest BCUT2D eigenvalue weighted by molar-refractivity contribution is -0.148. The van der Waals surface area contributed by atoms with Gasteiger partial charge in [0.05, 0.1) is 25.3 Å². The Bertz CT molecular complexity index is 243. The van der Waals surface area contributed by atoms with Crippen molar-refractivity contribution in [2.45, 2.75) is 44.8 Å². The Morgan fingerprint density at radius 2 is 2.25 bits per heavy atom. The zero-order valence-electron chi connectivity index (χ0n) is 10.1. The van der Waals surface area contributed by atoms with E-state index in [-0.39, 0.29) is 5.91 Å². The molecule has 0 aromatic heterocycles. The predicted molar refractivity (Wildman–Crippen MR) is 62.3 cm³/mol. The van der Waals surface area contributed by atoms with Crippen molar-refractivity contribution in [3.05, 3.63) is 0 Å². The molecule has 1 aliphatic carbocycles. The second-order valence-corrected chi connectivity index (χ2v) is 4.63. The summed E-state index contributed by atoms with van der Waals surface area (Å²) in [5.41, 5.74) is 0. The smallest absolute Gasteiger partial charge is 0.236 e. The Morgan fingerprint density at radius 1 is 1.44 bits per heavy atom. The van der Waals surface area contributed by atoms with Crippen molar-refractivity contribution in [3.8, 4) is 0 Å². The number of hydrogen-bond acceptors (Lipinski definition) is 3. The number of ether oxygens (including phenoxy) is 1. The Hall–Kier alpha value is -0.610. The van der Waals surface area contributed by atoms with Gasteiger partial charge in [-0.25, -0.2) is 0 Å². The van der Waals surface area contributed by atoms with Crippen molar-refractivity contribution in [1.29, 1.82) is 0 Å². The van der Waals surface area contributed by atoms with Gasteiger partial charge in [-0.3, -0.25) is 4.79 Å². The van der Waals surface area contributed by atoms with Gasteiger partial charge < -0.3 is 15.0 Å². The van der Waals surface area contributed by atoms with E-state index in [9.17, 15) is 4.79 Å². The van der Waals surface area contributed by atoms with Crippen molar-refractivity contribution >= 4 is 5.91 Å². The first-order chi connectivity index (χ1) is 7.83. The Labute approximate surface area is 97.3 Å². The molecule has 2 fully saturated rings. The second-order valence-electron chi connectivity index (χ2n) is 4.63. The number of rotatable bonds is 3. The van der Waals surface area contributed by atoms with Crippen LogP contribution in [0.3, 0.4) is 0 Å². The van der Waals surface area contributed by atoms with Crippen LogP contribution in [0, 0.1) is 0 Å². The third kappa shape index (κ3) is 2.55. The van der Waals surface area contributed by atoms with Gasteiger partial charge in [0.1, 0.15) is 0 Å². The highest BCUT2D eigenvalue weighted by atomic mass is 16.5. The van der Waals surface area contributed by atoms with Crippen molar-refractivity contribution in [1.82, 2.24) is 10.2 Å². The second kappa shape index (κ2) is 5.64. The van der Waals surface area contributed by atoms with Crippen molar-refractivity contribution in [2.24, 2.45) is 0 Å². The van der Waals surface area contributed by atoms with E-state index in [1.807, 2.05) is 11.8 Å². The van der Waals surface area contributed by atoms with Gasteiger partial charge in [0.2, 0.25) is 5.91 Å². The molecule has 16 heavy (non-hydrogen) atoms. The lowest BCUT2D eigenvalue weighted by atomic mass is 9.90. The molecule has 1 amide bonds. The molecule has 0 spiro atoms. The average Bonchev–Trinajstić information content (AvgIpc) is 2.35.